The molecular weight excluding hydrogens is 470 g/mol. The number of carbonyl (C=O) groups excluding carboxylic acids is 1. The number of benzene rings is 2. The number of aliphatic hydroxyl groups is 1. The quantitative estimate of drug-likeness (QED) is 0.468. The van der Waals surface area contributed by atoms with Gasteiger partial charge in [0.25, 0.3) is 5.91 Å². The molecule has 0 saturated carbocycles. The minimum Gasteiger partial charge on any atom is -0.389 e. The summed E-state index contributed by atoms with van der Waals surface area (Å²) in [6.45, 7) is 10.6. The van der Waals surface area contributed by atoms with Crippen LogP contribution in [0.5, 0.6) is 0 Å². The third-order valence-electron chi connectivity index (χ3n) is 6.91. The highest BCUT2D eigenvalue weighted by Crippen LogP contribution is 2.13. The van der Waals surface area contributed by atoms with E-state index in [0.29, 0.717) is 45.0 Å². The molecule has 2 aliphatic rings. The van der Waals surface area contributed by atoms with Crippen LogP contribution in [0.25, 0.3) is 0 Å². The van der Waals surface area contributed by atoms with Gasteiger partial charge in [0.15, 0.2) is 0 Å². The average Bonchev–Trinajstić information content (AvgIpc) is 2.92. The Bertz CT molecular complexity index is 936. The van der Waals surface area contributed by atoms with Crippen LogP contribution in [0.3, 0.4) is 0 Å². The summed E-state index contributed by atoms with van der Waals surface area (Å²) >= 11 is 0. The van der Waals surface area contributed by atoms with E-state index in [1.54, 1.807) is 0 Å². The summed E-state index contributed by atoms with van der Waals surface area (Å²) in [6.07, 6.45) is -0.681. The number of nitrogens with zero attached hydrogens (tertiary/aromatic N) is 3. The molecule has 2 saturated heterocycles. The van der Waals surface area contributed by atoms with Gasteiger partial charge in [-0.3, -0.25) is 14.6 Å². The Kier molecular flexibility index (Phi) is 10.9. The maximum absolute atomic E-state index is 13.5. The summed E-state index contributed by atoms with van der Waals surface area (Å²) in [7, 11) is 0. The number of morpholine rings is 2. The van der Waals surface area contributed by atoms with Crippen molar-refractivity contribution >= 4 is 5.91 Å². The molecule has 8 nitrogen and oxygen atoms in total. The van der Waals surface area contributed by atoms with Gasteiger partial charge in [-0.2, -0.15) is 0 Å². The topological polar surface area (TPSA) is 74.7 Å². The number of rotatable bonds is 12. The zero-order valence-corrected chi connectivity index (χ0v) is 22.0. The Hall–Kier alpha value is -2.33. The van der Waals surface area contributed by atoms with E-state index in [0.717, 1.165) is 50.5 Å². The van der Waals surface area contributed by atoms with E-state index >= 15 is 0 Å². The van der Waals surface area contributed by atoms with Crippen molar-refractivity contribution in [3.8, 4) is 0 Å². The first kappa shape index (κ1) is 27.7. The lowest BCUT2D eigenvalue weighted by Gasteiger charge is -2.37. The first-order valence-electron chi connectivity index (χ1n) is 13.4. The van der Waals surface area contributed by atoms with Crippen LogP contribution in [0.4, 0.5) is 0 Å². The monoisotopic (exact) mass is 511 g/mol. The van der Waals surface area contributed by atoms with Gasteiger partial charge in [-0.25, -0.2) is 0 Å². The fourth-order valence-corrected chi connectivity index (χ4v) is 4.78. The number of aryl methyl sites for hydroxylation is 1. The molecule has 37 heavy (non-hydrogen) atoms. The van der Waals surface area contributed by atoms with Crippen molar-refractivity contribution in [1.82, 2.24) is 14.7 Å². The molecule has 2 unspecified atom stereocenters. The van der Waals surface area contributed by atoms with Crippen LogP contribution >= 0.6 is 0 Å². The molecule has 1 N–H and O–H groups in total. The average molecular weight is 512 g/mol. The molecule has 202 valence electrons. The molecule has 2 aliphatic heterocycles. The van der Waals surface area contributed by atoms with E-state index < -0.39 is 6.10 Å². The molecule has 0 aliphatic carbocycles. The van der Waals surface area contributed by atoms with Crippen molar-refractivity contribution in [2.24, 2.45) is 0 Å². The fraction of sp³-hybridized carbons (Fsp3) is 0.552. The highest BCUT2D eigenvalue weighted by atomic mass is 16.5. The standard InChI is InChI=1S/C29H41N3O5/c1-24-7-9-26(10-8-24)29(34)32(12-11-30-13-16-35-17-14-30)21-28-20-31(15-18-37-28)19-27(33)23-36-22-25-5-3-2-4-6-25/h2-10,27-28,33H,11-23H2,1H3. The normalized spacial score (nSPS) is 20.0. The third-order valence-corrected chi connectivity index (χ3v) is 6.91. The summed E-state index contributed by atoms with van der Waals surface area (Å²) in [5, 5.41) is 10.5. The minimum atomic E-state index is -0.575. The van der Waals surface area contributed by atoms with Gasteiger partial charge in [-0.1, -0.05) is 48.0 Å². The molecule has 2 aromatic carbocycles. The Morgan fingerprint density at radius 2 is 1.78 bits per heavy atom. The minimum absolute atomic E-state index is 0.0309. The van der Waals surface area contributed by atoms with Crippen LogP contribution in [0.2, 0.25) is 0 Å². The lowest BCUT2D eigenvalue weighted by atomic mass is 10.1. The van der Waals surface area contributed by atoms with Crippen LogP contribution in [0.15, 0.2) is 54.6 Å². The van der Waals surface area contributed by atoms with Crippen molar-refractivity contribution in [3.63, 3.8) is 0 Å². The maximum atomic E-state index is 13.5. The zero-order valence-electron chi connectivity index (χ0n) is 22.0. The molecular formula is C29H41N3O5. The van der Waals surface area contributed by atoms with Gasteiger partial charge in [0.2, 0.25) is 0 Å². The summed E-state index contributed by atoms with van der Waals surface area (Å²) in [5.74, 6) is 0.0309. The van der Waals surface area contributed by atoms with Crippen LogP contribution in [-0.2, 0) is 20.8 Å². The number of amides is 1. The molecule has 4 rings (SSSR count). The number of hydrogen-bond donors (Lipinski definition) is 1. The Labute approximate surface area is 220 Å². The number of carbonyl (C=O) groups is 1. The molecule has 2 aromatic rings. The first-order valence-corrected chi connectivity index (χ1v) is 13.4. The highest BCUT2D eigenvalue weighted by molar-refractivity contribution is 5.94. The first-order chi connectivity index (χ1) is 18.1. The smallest absolute Gasteiger partial charge is 0.253 e. The lowest BCUT2D eigenvalue weighted by molar-refractivity contribution is -0.0604. The van der Waals surface area contributed by atoms with Crippen molar-refractivity contribution in [2.75, 3.05) is 78.8 Å². The summed E-state index contributed by atoms with van der Waals surface area (Å²) < 4.78 is 17.3. The summed E-state index contributed by atoms with van der Waals surface area (Å²) in [5.41, 5.74) is 2.93. The van der Waals surface area contributed by atoms with Crippen LogP contribution in [-0.4, -0.2) is 117 Å². The van der Waals surface area contributed by atoms with Crippen molar-refractivity contribution < 1.29 is 24.1 Å². The van der Waals surface area contributed by atoms with Crippen molar-refractivity contribution in [2.45, 2.75) is 25.7 Å². The van der Waals surface area contributed by atoms with Crippen LogP contribution in [0.1, 0.15) is 21.5 Å². The van der Waals surface area contributed by atoms with Crippen molar-refractivity contribution in [1.29, 1.82) is 0 Å². The van der Waals surface area contributed by atoms with E-state index in [-0.39, 0.29) is 18.6 Å². The third kappa shape index (κ3) is 9.17. The van der Waals surface area contributed by atoms with Gasteiger partial charge in [-0.15, -0.1) is 0 Å². The Balaban J connectivity index is 1.29. The SMILES string of the molecule is Cc1ccc(C(=O)N(CCN2CCOCC2)CC2CN(CC(O)COCc3ccccc3)CCO2)cc1. The van der Waals surface area contributed by atoms with Crippen LogP contribution < -0.4 is 0 Å². The molecule has 2 heterocycles. The van der Waals surface area contributed by atoms with E-state index in [1.165, 1.54) is 0 Å². The molecule has 0 bridgehead atoms. The van der Waals surface area contributed by atoms with E-state index in [2.05, 4.69) is 9.80 Å². The van der Waals surface area contributed by atoms with Crippen molar-refractivity contribution in [3.05, 3.63) is 71.3 Å². The second-order valence-electron chi connectivity index (χ2n) is 9.98. The Morgan fingerprint density at radius 1 is 1.05 bits per heavy atom. The predicted octanol–water partition coefficient (Wildman–Crippen LogP) is 2.05. The predicted molar refractivity (Wildman–Crippen MR) is 143 cm³/mol. The number of ether oxygens (including phenoxy) is 3. The highest BCUT2D eigenvalue weighted by Gasteiger charge is 2.27. The lowest BCUT2D eigenvalue weighted by Crippen LogP contribution is -2.52. The zero-order chi connectivity index (χ0) is 25.9. The van der Waals surface area contributed by atoms with Gasteiger partial charge in [-0.05, 0) is 24.6 Å². The van der Waals surface area contributed by atoms with Gasteiger partial charge in [0.05, 0.1) is 45.2 Å². The van der Waals surface area contributed by atoms with Gasteiger partial charge < -0.3 is 24.2 Å². The maximum Gasteiger partial charge on any atom is 0.253 e. The van der Waals surface area contributed by atoms with E-state index in [1.807, 2.05) is 66.4 Å². The molecule has 1 amide bonds. The van der Waals surface area contributed by atoms with E-state index in [4.69, 9.17) is 14.2 Å². The van der Waals surface area contributed by atoms with Gasteiger partial charge in [0, 0.05) is 57.9 Å². The molecule has 8 heteroatoms. The molecule has 0 aromatic heterocycles. The largest absolute Gasteiger partial charge is 0.389 e. The molecule has 0 radical (unpaired) electrons. The van der Waals surface area contributed by atoms with Gasteiger partial charge in [0.1, 0.15) is 0 Å². The number of β-amino-alcohol motifs (C(OH)–C–C–N with tert-alkyl or cyclic N) is 1. The Morgan fingerprint density at radius 3 is 2.54 bits per heavy atom. The second kappa shape index (κ2) is 14.6. The molecule has 2 fully saturated rings. The van der Waals surface area contributed by atoms with E-state index in [9.17, 15) is 9.90 Å². The molecule has 0 spiro atoms. The number of hydrogen-bond acceptors (Lipinski definition) is 7. The summed E-state index contributed by atoms with van der Waals surface area (Å²) in [6, 6.07) is 17.7. The fourth-order valence-electron chi connectivity index (χ4n) is 4.78. The number of aliphatic hydroxyl groups excluding tert-OH is 1. The second-order valence-corrected chi connectivity index (χ2v) is 9.98. The summed E-state index contributed by atoms with van der Waals surface area (Å²) in [4.78, 5) is 19.9. The molecule has 2 atom stereocenters. The van der Waals surface area contributed by atoms with Crippen LogP contribution in [0, 0.1) is 6.92 Å². The van der Waals surface area contributed by atoms with Gasteiger partial charge >= 0.3 is 0 Å².